The second-order valence-electron chi connectivity index (χ2n) is 6.58. The number of carbonyl (C=O) groups is 1. The van der Waals surface area contributed by atoms with Crippen LogP contribution in [0.3, 0.4) is 0 Å². The summed E-state index contributed by atoms with van der Waals surface area (Å²) in [4.78, 5) is 17.7. The largest absolute Gasteiger partial charge is 0.306 e. The molecule has 0 spiro atoms. The molecular formula is C20H14BrClN4OS. The van der Waals surface area contributed by atoms with E-state index in [9.17, 15) is 4.79 Å². The van der Waals surface area contributed by atoms with Gasteiger partial charge in [0.05, 0.1) is 26.5 Å². The summed E-state index contributed by atoms with van der Waals surface area (Å²) in [5, 5.41) is 8.94. The molecule has 4 aromatic rings. The number of halogens is 2. The van der Waals surface area contributed by atoms with E-state index in [2.05, 4.69) is 21.2 Å². The normalized spacial score (nSPS) is 13.1. The van der Waals surface area contributed by atoms with Crippen LogP contribution in [0.25, 0.3) is 15.3 Å². The number of amides is 1. The van der Waals surface area contributed by atoms with Gasteiger partial charge < -0.3 is 5.32 Å². The highest BCUT2D eigenvalue weighted by atomic mass is 79.9. The lowest BCUT2D eigenvalue weighted by Crippen LogP contribution is -2.16. The maximum Gasteiger partial charge on any atom is 0.258 e. The van der Waals surface area contributed by atoms with Crippen molar-refractivity contribution in [1.82, 2.24) is 14.8 Å². The van der Waals surface area contributed by atoms with E-state index in [1.165, 1.54) is 0 Å². The summed E-state index contributed by atoms with van der Waals surface area (Å²) < 4.78 is 3.64. The average molecular weight is 474 g/mol. The number of rotatable bonds is 3. The number of aryl methyl sites for hydroxylation is 1. The van der Waals surface area contributed by atoms with Crippen molar-refractivity contribution in [3.05, 3.63) is 68.8 Å². The quantitative estimate of drug-likeness (QED) is 0.419. The molecule has 0 aliphatic heterocycles. The number of nitrogens with zero attached hydrogens (tertiary/aromatic N) is 3. The first-order valence-corrected chi connectivity index (χ1v) is 10.8. The van der Waals surface area contributed by atoms with Crippen molar-refractivity contribution in [3.63, 3.8) is 0 Å². The second kappa shape index (κ2) is 6.99. The highest BCUT2D eigenvalue weighted by Gasteiger charge is 2.26. The van der Waals surface area contributed by atoms with E-state index in [0.29, 0.717) is 16.4 Å². The van der Waals surface area contributed by atoms with Crippen LogP contribution in [0.15, 0.2) is 46.9 Å². The number of thiazole rings is 1. The minimum atomic E-state index is -0.261. The highest BCUT2D eigenvalue weighted by Crippen LogP contribution is 2.34. The van der Waals surface area contributed by atoms with Gasteiger partial charge in [-0.05, 0) is 49.6 Å². The molecule has 1 aliphatic carbocycles. The van der Waals surface area contributed by atoms with Gasteiger partial charge in [0.2, 0.25) is 5.13 Å². The van der Waals surface area contributed by atoms with Crippen molar-refractivity contribution < 1.29 is 4.79 Å². The molecule has 5 nitrogen and oxygen atoms in total. The maximum atomic E-state index is 13.0. The van der Waals surface area contributed by atoms with E-state index < -0.39 is 0 Å². The maximum absolute atomic E-state index is 13.0. The van der Waals surface area contributed by atoms with E-state index >= 15 is 0 Å². The van der Waals surface area contributed by atoms with Crippen LogP contribution in [0.1, 0.15) is 28.0 Å². The third-order valence-corrected chi connectivity index (χ3v) is 6.61. The zero-order valence-electron chi connectivity index (χ0n) is 14.6. The number of nitrogens with one attached hydrogen (secondary N) is 1. The molecular weight excluding hydrogens is 460 g/mol. The van der Waals surface area contributed by atoms with Gasteiger partial charge in [-0.3, -0.25) is 4.79 Å². The smallest absolute Gasteiger partial charge is 0.258 e. The van der Waals surface area contributed by atoms with E-state index in [4.69, 9.17) is 21.7 Å². The van der Waals surface area contributed by atoms with Gasteiger partial charge in [-0.2, -0.15) is 9.78 Å². The molecule has 2 aromatic carbocycles. The Morgan fingerprint density at radius 1 is 1.21 bits per heavy atom. The molecule has 1 N–H and O–H groups in total. The fraction of sp³-hybridized carbons (Fsp3) is 0.150. The third-order valence-electron chi connectivity index (χ3n) is 4.78. The summed E-state index contributed by atoms with van der Waals surface area (Å²) in [6.07, 6.45) is 2.84. The molecule has 0 saturated heterocycles. The molecule has 0 fully saturated rings. The lowest BCUT2D eigenvalue weighted by atomic mass is 10.2. The molecule has 0 atom stereocenters. The minimum Gasteiger partial charge on any atom is -0.306 e. The molecule has 28 heavy (non-hydrogen) atoms. The average Bonchev–Trinajstić information content (AvgIpc) is 3.38. The molecule has 0 unspecified atom stereocenters. The van der Waals surface area contributed by atoms with Crippen molar-refractivity contribution in [2.24, 2.45) is 0 Å². The molecule has 8 heteroatoms. The number of hydrogen-bond donors (Lipinski definition) is 1. The SMILES string of the molecule is O=C(Nc1c2c(nn1-c1nc3ccccc3s1)CCC2)c1cc(Br)ccc1Cl. The van der Waals surface area contributed by atoms with Crippen molar-refractivity contribution in [1.29, 1.82) is 0 Å². The summed E-state index contributed by atoms with van der Waals surface area (Å²) in [6.45, 7) is 0. The Bertz CT molecular complexity index is 1200. The summed E-state index contributed by atoms with van der Waals surface area (Å²) >= 11 is 11.2. The van der Waals surface area contributed by atoms with Gasteiger partial charge in [0.1, 0.15) is 5.82 Å². The number of aromatic nitrogens is 3. The van der Waals surface area contributed by atoms with Crippen LogP contribution in [0.2, 0.25) is 5.02 Å². The van der Waals surface area contributed by atoms with Crippen molar-refractivity contribution in [2.45, 2.75) is 19.3 Å². The monoisotopic (exact) mass is 472 g/mol. The van der Waals surface area contributed by atoms with Gasteiger partial charge in [0.15, 0.2) is 0 Å². The van der Waals surface area contributed by atoms with Gasteiger partial charge in [-0.25, -0.2) is 4.98 Å². The van der Waals surface area contributed by atoms with Crippen LogP contribution in [-0.2, 0) is 12.8 Å². The standard InChI is InChI=1S/C20H14BrClN4OS/c21-11-8-9-14(22)13(10-11)19(27)24-18-12-4-3-6-15(12)25-26(18)20-23-16-5-1-2-7-17(16)28-20/h1-2,5,7-10H,3-4,6H2,(H,24,27). The summed E-state index contributed by atoms with van der Waals surface area (Å²) in [7, 11) is 0. The molecule has 2 aromatic heterocycles. The number of hydrogen-bond acceptors (Lipinski definition) is 4. The van der Waals surface area contributed by atoms with Crippen LogP contribution in [-0.4, -0.2) is 20.7 Å². The second-order valence-corrected chi connectivity index (χ2v) is 8.91. The van der Waals surface area contributed by atoms with Crippen molar-refractivity contribution >= 4 is 60.8 Å². The van der Waals surface area contributed by atoms with Crippen LogP contribution in [0.5, 0.6) is 0 Å². The van der Waals surface area contributed by atoms with E-state index in [1.54, 1.807) is 28.2 Å². The summed E-state index contributed by atoms with van der Waals surface area (Å²) in [6, 6.07) is 13.2. The lowest BCUT2D eigenvalue weighted by Gasteiger charge is -2.10. The van der Waals surface area contributed by atoms with Crippen LogP contribution in [0, 0.1) is 0 Å². The fourth-order valence-corrected chi connectivity index (χ4v) is 4.94. The third kappa shape index (κ3) is 3.03. The molecule has 140 valence electrons. The van der Waals surface area contributed by atoms with Crippen LogP contribution in [0.4, 0.5) is 5.82 Å². The van der Waals surface area contributed by atoms with Crippen LogP contribution >= 0.6 is 38.9 Å². The summed E-state index contributed by atoms with van der Waals surface area (Å²) in [5.41, 5.74) is 3.44. The number of carbonyl (C=O) groups excluding carboxylic acids is 1. The first-order chi connectivity index (χ1) is 13.6. The topological polar surface area (TPSA) is 59.8 Å². The summed E-state index contributed by atoms with van der Waals surface area (Å²) in [5.74, 6) is 0.427. The molecule has 1 aliphatic rings. The predicted molar refractivity (Wildman–Crippen MR) is 116 cm³/mol. The van der Waals surface area contributed by atoms with E-state index in [1.807, 2.05) is 30.3 Å². The Labute approximate surface area is 178 Å². The highest BCUT2D eigenvalue weighted by molar-refractivity contribution is 9.10. The van der Waals surface area contributed by atoms with Gasteiger partial charge in [-0.15, -0.1) is 0 Å². The predicted octanol–water partition coefficient (Wildman–Crippen LogP) is 5.64. The van der Waals surface area contributed by atoms with Gasteiger partial charge >= 0.3 is 0 Å². The molecule has 0 radical (unpaired) electrons. The zero-order chi connectivity index (χ0) is 19.3. The van der Waals surface area contributed by atoms with Crippen molar-refractivity contribution in [3.8, 4) is 5.13 Å². The number of benzene rings is 2. The minimum absolute atomic E-state index is 0.261. The zero-order valence-corrected chi connectivity index (χ0v) is 17.7. The number of para-hydroxylation sites is 1. The Balaban J connectivity index is 1.59. The van der Waals surface area contributed by atoms with Crippen molar-refractivity contribution in [2.75, 3.05) is 5.32 Å². The van der Waals surface area contributed by atoms with Gasteiger partial charge in [-0.1, -0.05) is 51.0 Å². The molecule has 5 rings (SSSR count). The Morgan fingerprint density at radius 2 is 2.07 bits per heavy atom. The Morgan fingerprint density at radius 3 is 2.93 bits per heavy atom. The molecule has 2 heterocycles. The lowest BCUT2D eigenvalue weighted by molar-refractivity contribution is 0.102. The first kappa shape index (κ1) is 17.8. The number of fused-ring (bicyclic) bond motifs is 2. The fourth-order valence-electron chi connectivity index (χ4n) is 3.46. The van der Waals surface area contributed by atoms with Crippen LogP contribution < -0.4 is 5.32 Å². The van der Waals surface area contributed by atoms with E-state index in [-0.39, 0.29) is 5.91 Å². The molecule has 0 bridgehead atoms. The van der Waals surface area contributed by atoms with Gasteiger partial charge in [0.25, 0.3) is 5.91 Å². The number of anilines is 1. The van der Waals surface area contributed by atoms with Gasteiger partial charge in [0, 0.05) is 10.0 Å². The molecule has 1 amide bonds. The first-order valence-electron chi connectivity index (χ1n) is 8.83. The molecule has 0 saturated carbocycles. The van der Waals surface area contributed by atoms with E-state index in [0.717, 1.165) is 50.3 Å². The Kier molecular flexibility index (Phi) is 4.45. The Hall–Kier alpha value is -2.22.